The summed E-state index contributed by atoms with van der Waals surface area (Å²) >= 11 is 1.72. The first kappa shape index (κ1) is 17.3. The largest absolute Gasteiger partial charge is 0.491 e. The molecule has 0 spiro atoms. The third-order valence-corrected chi connectivity index (χ3v) is 6.01. The van der Waals surface area contributed by atoms with Crippen LogP contribution in [0.3, 0.4) is 0 Å². The van der Waals surface area contributed by atoms with Crippen LogP contribution in [-0.2, 0) is 32.5 Å². The average molecular weight is 373 g/mol. The molecular weight excluding hydrogens is 350 g/mol. The van der Waals surface area contributed by atoms with E-state index >= 15 is 0 Å². The van der Waals surface area contributed by atoms with Gasteiger partial charge in [0.1, 0.15) is 17.4 Å². The Balaban J connectivity index is 1.40. The normalized spacial score (nSPS) is 16.3. The van der Waals surface area contributed by atoms with Gasteiger partial charge < -0.3 is 20.1 Å². The van der Waals surface area contributed by atoms with E-state index in [1.807, 2.05) is 18.2 Å². The quantitative estimate of drug-likeness (QED) is 0.867. The molecule has 2 heterocycles. The lowest BCUT2D eigenvalue weighted by atomic mass is 10.0. The van der Waals surface area contributed by atoms with Gasteiger partial charge in [-0.25, -0.2) is 9.78 Å². The van der Waals surface area contributed by atoms with Crippen molar-refractivity contribution in [3.8, 4) is 5.75 Å². The van der Waals surface area contributed by atoms with E-state index in [1.165, 1.54) is 23.4 Å². The second kappa shape index (κ2) is 7.63. The first-order valence-electron chi connectivity index (χ1n) is 9.08. The lowest BCUT2D eigenvalue weighted by Gasteiger charge is -2.20. The van der Waals surface area contributed by atoms with Crippen molar-refractivity contribution in [1.82, 2.24) is 15.2 Å². The van der Waals surface area contributed by atoms with Crippen LogP contribution in [0.5, 0.6) is 5.75 Å². The minimum Gasteiger partial charge on any atom is -0.491 e. The van der Waals surface area contributed by atoms with E-state index < -0.39 is 0 Å². The molecule has 26 heavy (non-hydrogen) atoms. The van der Waals surface area contributed by atoms with Gasteiger partial charge in [-0.1, -0.05) is 6.07 Å². The number of nitrogens with zero attached hydrogens (tertiary/aromatic N) is 2. The van der Waals surface area contributed by atoms with Crippen molar-refractivity contribution in [3.63, 3.8) is 0 Å². The number of benzene rings is 1. The molecule has 2 N–H and O–H groups in total. The molecule has 0 fully saturated rings. The predicted molar refractivity (Wildman–Crippen MR) is 99.3 cm³/mol. The Morgan fingerprint density at radius 2 is 2.23 bits per heavy atom. The third kappa shape index (κ3) is 3.68. The van der Waals surface area contributed by atoms with Gasteiger partial charge in [-0.2, -0.15) is 0 Å². The van der Waals surface area contributed by atoms with Crippen molar-refractivity contribution in [3.05, 3.63) is 44.9 Å². The number of hydrogen-bond acceptors (Lipinski definition) is 5. The van der Waals surface area contributed by atoms with Crippen LogP contribution in [0.1, 0.15) is 39.5 Å². The van der Waals surface area contributed by atoms with E-state index in [4.69, 9.17) is 4.74 Å². The standard InChI is InChI=1S/C19H23N3O3S/c23-12-13-5-6-16-14(9-13)11-22(7-8-25-16)19(24)20-10-18-21-15-3-1-2-4-17(15)26-18/h5-6,9,23H,1-4,7-8,10-12H2,(H,20,24). The van der Waals surface area contributed by atoms with Crippen LogP contribution in [0.25, 0.3) is 0 Å². The van der Waals surface area contributed by atoms with Crippen molar-refractivity contribution in [1.29, 1.82) is 0 Å². The van der Waals surface area contributed by atoms with E-state index in [2.05, 4.69) is 10.3 Å². The molecule has 1 aliphatic heterocycles. The zero-order valence-electron chi connectivity index (χ0n) is 14.7. The Morgan fingerprint density at radius 3 is 3.08 bits per heavy atom. The molecule has 0 saturated carbocycles. The molecule has 2 amide bonds. The molecule has 0 radical (unpaired) electrons. The van der Waals surface area contributed by atoms with Gasteiger partial charge in [0.25, 0.3) is 0 Å². The minimum atomic E-state index is -0.107. The van der Waals surface area contributed by atoms with E-state index in [9.17, 15) is 9.90 Å². The number of nitrogens with one attached hydrogen (secondary N) is 1. The molecule has 0 atom stereocenters. The zero-order valence-corrected chi connectivity index (χ0v) is 15.5. The van der Waals surface area contributed by atoms with Crippen molar-refractivity contribution in [2.45, 2.75) is 45.4 Å². The number of aliphatic hydroxyl groups is 1. The predicted octanol–water partition coefficient (Wildman–Crippen LogP) is 2.62. The van der Waals surface area contributed by atoms with Crippen LogP contribution < -0.4 is 10.1 Å². The molecule has 0 saturated heterocycles. The number of aryl methyl sites for hydroxylation is 2. The SMILES string of the molecule is O=C(NCc1nc2c(s1)CCCC2)N1CCOc2ccc(CO)cc2C1. The van der Waals surface area contributed by atoms with Gasteiger partial charge in [-0.05, 0) is 43.4 Å². The van der Waals surface area contributed by atoms with Crippen molar-refractivity contribution >= 4 is 17.4 Å². The van der Waals surface area contributed by atoms with Gasteiger partial charge in [-0.3, -0.25) is 0 Å². The van der Waals surface area contributed by atoms with Crippen LogP contribution in [0.2, 0.25) is 0 Å². The smallest absolute Gasteiger partial charge is 0.318 e. The Kier molecular flexibility index (Phi) is 5.08. The fourth-order valence-corrected chi connectivity index (χ4v) is 4.56. The summed E-state index contributed by atoms with van der Waals surface area (Å²) in [5.74, 6) is 0.782. The Morgan fingerprint density at radius 1 is 1.35 bits per heavy atom. The minimum absolute atomic E-state index is 0.0197. The first-order valence-corrected chi connectivity index (χ1v) is 9.90. The molecule has 1 aromatic carbocycles. The summed E-state index contributed by atoms with van der Waals surface area (Å²) in [6.07, 6.45) is 4.64. The number of carbonyl (C=O) groups excluding carboxylic acids is 1. The van der Waals surface area contributed by atoms with Crippen molar-refractivity contribution in [2.75, 3.05) is 13.2 Å². The number of aromatic nitrogens is 1. The summed E-state index contributed by atoms with van der Waals surface area (Å²) < 4.78 is 5.73. The highest BCUT2D eigenvalue weighted by Crippen LogP contribution is 2.27. The highest BCUT2D eigenvalue weighted by atomic mass is 32.1. The maximum atomic E-state index is 12.6. The molecule has 7 heteroatoms. The number of ether oxygens (including phenoxy) is 1. The number of rotatable bonds is 3. The van der Waals surface area contributed by atoms with Crippen LogP contribution in [0.15, 0.2) is 18.2 Å². The number of fused-ring (bicyclic) bond motifs is 2. The summed E-state index contributed by atoms with van der Waals surface area (Å²) in [4.78, 5) is 20.4. The van der Waals surface area contributed by atoms with Gasteiger partial charge >= 0.3 is 6.03 Å². The fraction of sp³-hybridized carbons (Fsp3) is 0.474. The molecule has 138 valence electrons. The number of urea groups is 1. The number of carbonyl (C=O) groups is 1. The fourth-order valence-electron chi connectivity index (χ4n) is 3.46. The molecule has 4 rings (SSSR count). The topological polar surface area (TPSA) is 74.7 Å². The van der Waals surface area contributed by atoms with Crippen LogP contribution in [0, 0.1) is 0 Å². The molecule has 0 bridgehead atoms. The molecule has 0 unspecified atom stereocenters. The average Bonchev–Trinajstić information content (AvgIpc) is 2.96. The Labute approximate surface area is 156 Å². The monoisotopic (exact) mass is 373 g/mol. The second-order valence-corrected chi connectivity index (χ2v) is 7.88. The van der Waals surface area contributed by atoms with Crippen molar-refractivity contribution < 1.29 is 14.6 Å². The summed E-state index contributed by atoms with van der Waals surface area (Å²) in [5.41, 5.74) is 2.97. The summed E-state index contributed by atoms with van der Waals surface area (Å²) in [5, 5.41) is 13.3. The molecule has 6 nitrogen and oxygen atoms in total. The molecule has 2 aromatic rings. The van der Waals surface area contributed by atoms with E-state index in [1.54, 1.807) is 16.2 Å². The van der Waals surface area contributed by atoms with Gasteiger partial charge in [0.05, 0.1) is 31.9 Å². The summed E-state index contributed by atoms with van der Waals surface area (Å²) in [6, 6.07) is 5.50. The number of hydrogen-bond donors (Lipinski definition) is 2. The van der Waals surface area contributed by atoms with E-state index in [0.717, 1.165) is 34.7 Å². The lowest BCUT2D eigenvalue weighted by molar-refractivity contribution is 0.187. The van der Waals surface area contributed by atoms with Gasteiger partial charge in [0, 0.05) is 10.4 Å². The van der Waals surface area contributed by atoms with Crippen molar-refractivity contribution in [2.24, 2.45) is 0 Å². The third-order valence-electron chi connectivity index (χ3n) is 4.86. The zero-order chi connectivity index (χ0) is 17.9. The van der Waals surface area contributed by atoms with Crippen LogP contribution >= 0.6 is 11.3 Å². The Bertz CT molecular complexity index is 782. The van der Waals surface area contributed by atoms with Gasteiger partial charge in [0.15, 0.2) is 0 Å². The number of amides is 2. The molecule has 2 aliphatic rings. The Hall–Kier alpha value is -2.12. The molecular formula is C19H23N3O3S. The van der Waals surface area contributed by atoms with Crippen LogP contribution in [-0.4, -0.2) is 34.2 Å². The second-order valence-electron chi connectivity index (χ2n) is 6.71. The highest BCUT2D eigenvalue weighted by molar-refractivity contribution is 7.11. The van der Waals surface area contributed by atoms with E-state index in [0.29, 0.717) is 26.2 Å². The molecule has 1 aromatic heterocycles. The summed E-state index contributed by atoms with van der Waals surface area (Å²) in [7, 11) is 0. The van der Waals surface area contributed by atoms with Gasteiger partial charge in [-0.15, -0.1) is 11.3 Å². The number of thiazole rings is 1. The van der Waals surface area contributed by atoms with E-state index in [-0.39, 0.29) is 12.6 Å². The summed E-state index contributed by atoms with van der Waals surface area (Å²) in [6.45, 7) is 1.92. The maximum absolute atomic E-state index is 12.6. The van der Waals surface area contributed by atoms with Gasteiger partial charge in [0.2, 0.25) is 0 Å². The maximum Gasteiger partial charge on any atom is 0.318 e. The highest BCUT2D eigenvalue weighted by Gasteiger charge is 2.21. The van der Waals surface area contributed by atoms with Crippen LogP contribution in [0.4, 0.5) is 4.79 Å². The lowest BCUT2D eigenvalue weighted by Crippen LogP contribution is -2.40. The first-order chi connectivity index (χ1) is 12.7. The molecule has 1 aliphatic carbocycles. The number of aliphatic hydroxyl groups excluding tert-OH is 1.